The fourth-order valence-electron chi connectivity index (χ4n) is 3.04. The summed E-state index contributed by atoms with van der Waals surface area (Å²) in [5.41, 5.74) is 1.98. The highest BCUT2D eigenvalue weighted by atomic mass is 35.5. The number of hydrazine groups is 1. The molecule has 0 aliphatic rings. The summed E-state index contributed by atoms with van der Waals surface area (Å²) in [5.74, 6) is -0.789. The van der Waals surface area contributed by atoms with Crippen molar-refractivity contribution in [3.63, 3.8) is 0 Å². The Bertz CT molecular complexity index is 1370. The van der Waals surface area contributed by atoms with Crippen LogP contribution in [0, 0.1) is 0 Å². The SMILES string of the molecule is O=C(Cc1ccccc1)NCc1ccc(S(=O)(=O)NNC(=O)CCCNc2ncc(C(F)(F)F)cc2Cl)s1. The van der Waals surface area contributed by atoms with Crippen molar-refractivity contribution in [3.8, 4) is 0 Å². The highest BCUT2D eigenvalue weighted by molar-refractivity contribution is 7.91. The van der Waals surface area contributed by atoms with Gasteiger partial charge in [0.2, 0.25) is 11.8 Å². The van der Waals surface area contributed by atoms with E-state index in [0.29, 0.717) is 11.1 Å². The number of sulfonamides is 1. The van der Waals surface area contributed by atoms with Crippen LogP contribution in [0.2, 0.25) is 5.02 Å². The van der Waals surface area contributed by atoms with Gasteiger partial charge in [-0.15, -0.1) is 16.2 Å². The molecule has 0 radical (unpaired) electrons. The van der Waals surface area contributed by atoms with Crippen LogP contribution in [0.4, 0.5) is 19.0 Å². The lowest BCUT2D eigenvalue weighted by Crippen LogP contribution is -2.41. The Morgan fingerprint density at radius 1 is 1.05 bits per heavy atom. The Morgan fingerprint density at radius 3 is 2.47 bits per heavy atom. The Hall–Kier alpha value is -3.20. The number of alkyl halides is 3. The number of pyridine rings is 1. The number of halogens is 4. The first-order chi connectivity index (χ1) is 17.9. The molecule has 0 atom stereocenters. The first-order valence-corrected chi connectivity index (χ1v) is 13.8. The van der Waals surface area contributed by atoms with Crippen LogP contribution in [-0.4, -0.2) is 31.8 Å². The van der Waals surface area contributed by atoms with E-state index >= 15 is 0 Å². The van der Waals surface area contributed by atoms with Crippen molar-refractivity contribution in [2.75, 3.05) is 11.9 Å². The molecule has 3 rings (SSSR count). The Balaban J connectivity index is 1.38. The van der Waals surface area contributed by atoms with Gasteiger partial charge in [-0.3, -0.25) is 15.0 Å². The van der Waals surface area contributed by atoms with E-state index in [4.69, 9.17) is 11.6 Å². The molecule has 0 aliphatic heterocycles. The molecule has 0 aliphatic carbocycles. The number of rotatable bonds is 12. The van der Waals surface area contributed by atoms with Crippen LogP contribution in [0.5, 0.6) is 0 Å². The predicted molar refractivity (Wildman–Crippen MR) is 137 cm³/mol. The number of hydrogen-bond donors (Lipinski definition) is 4. The van der Waals surface area contributed by atoms with E-state index in [9.17, 15) is 31.2 Å². The molecule has 0 bridgehead atoms. The number of aromatic nitrogens is 1. The van der Waals surface area contributed by atoms with Crippen LogP contribution >= 0.6 is 22.9 Å². The number of anilines is 1. The third kappa shape index (κ3) is 8.97. The smallest absolute Gasteiger partial charge is 0.369 e. The first kappa shape index (κ1) is 29.4. The van der Waals surface area contributed by atoms with Gasteiger partial charge in [0, 0.05) is 24.0 Å². The standard InChI is InChI=1S/C23H23ClF3N5O4S2/c24-18-12-16(23(25,26)27)13-30-22(18)28-10-4-7-19(33)31-32-38(35,36)21-9-8-17(37-21)14-29-20(34)11-15-5-2-1-3-6-15/h1-3,5-6,8-9,12-13,32H,4,7,10-11,14H2,(H,28,30)(H,29,34)(H,31,33). The van der Waals surface area contributed by atoms with E-state index in [0.717, 1.165) is 23.0 Å². The molecule has 0 unspecified atom stereocenters. The number of nitrogens with zero attached hydrogens (tertiary/aromatic N) is 1. The summed E-state index contributed by atoms with van der Waals surface area (Å²) in [6.07, 6.45) is -3.59. The lowest BCUT2D eigenvalue weighted by molar-refractivity contribution is -0.137. The van der Waals surface area contributed by atoms with E-state index in [1.165, 1.54) is 6.07 Å². The van der Waals surface area contributed by atoms with Gasteiger partial charge in [-0.1, -0.05) is 41.9 Å². The summed E-state index contributed by atoms with van der Waals surface area (Å²) >= 11 is 6.75. The quantitative estimate of drug-likeness (QED) is 0.187. The Kier molecular flexibility index (Phi) is 10.1. The minimum absolute atomic E-state index is 0.0329. The molecule has 2 heterocycles. The molecule has 2 amide bonds. The van der Waals surface area contributed by atoms with E-state index in [2.05, 4.69) is 21.0 Å². The lowest BCUT2D eigenvalue weighted by atomic mass is 10.1. The van der Waals surface area contributed by atoms with Gasteiger partial charge in [0.05, 0.1) is 23.6 Å². The second-order valence-electron chi connectivity index (χ2n) is 7.90. The molecule has 0 saturated carbocycles. The Labute approximate surface area is 225 Å². The van der Waals surface area contributed by atoms with Crippen molar-refractivity contribution in [1.29, 1.82) is 0 Å². The zero-order valence-corrected chi connectivity index (χ0v) is 22.0. The molecular formula is C23H23ClF3N5O4S2. The fourth-order valence-corrected chi connectivity index (χ4v) is 5.43. The molecule has 2 aromatic heterocycles. The molecule has 15 heteroatoms. The minimum Gasteiger partial charge on any atom is -0.369 e. The van der Waals surface area contributed by atoms with Gasteiger partial charge in [-0.2, -0.15) is 13.2 Å². The van der Waals surface area contributed by atoms with E-state index in [1.54, 1.807) is 6.07 Å². The summed E-state index contributed by atoms with van der Waals surface area (Å²) in [4.78, 5) is 30.3. The molecule has 0 fully saturated rings. The minimum atomic E-state index is -4.57. The number of nitrogens with one attached hydrogen (secondary N) is 4. The normalized spacial score (nSPS) is 11.7. The van der Waals surface area contributed by atoms with Crippen molar-refractivity contribution >= 4 is 50.6 Å². The van der Waals surface area contributed by atoms with Crippen molar-refractivity contribution in [3.05, 3.63) is 75.8 Å². The van der Waals surface area contributed by atoms with Gasteiger partial charge in [0.25, 0.3) is 10.0 Å². The fraction of sp³-hybridized carbons (Fsp3) is 0.261. The number of amides is 2. The highest BCUT2D eigenvalue weighted by Gasteiger charge is 2.31. The van der Waals surface area contributed by atoms with Crippen LogP contribution in [0.15, 0.2) is 58.9 Å². The average Bonchev–Trinajstić information content (AvgIpc) is 3.35. The summed E-state index contributed by atoms with van der Waals surface area (Å²) in [6, 6.07) is 12.8. The predicted octanol–water partition coefficient (Wildman–Crippen LogP) is 3.88. The van der Waals surface area contributed by atoms with Gasteiger partial charge in [0.15, 0.2) is 0 Å². The van der Waals surface area contributed by atoms with Crippen molar-refractivity contribution < 1.29 is 31.2 Å². The van der Waals surface area contributed by atoms with Crippen LogP contribution in [0.25, 0.3) is 0 Å². The largest absolute Gasteiger partial charge is 0.417 e. The molecule has 0 saturated heterocycles. The molecular weight excluding hydrogens is 567 g/mol. The molecule has 3 aromatic rings. The second-order valence-corrected chi connectivity index (χ2v) is 11.4. The van der Waals surface area contributed by atoms with Gasteiger partial charge in [-0.25, -0.2) is 13.4 Å². The van der Waals surface area contributed by atoms with Gasteiger partial charge < -0.3 is 10.6 Å². The van der Waals surface area contributed by atoms with Crippen LogP contribution in [-0.2, 0) is 38.8 Å². The maximum atomic E-state index is 12.7. The molecule has 38 heavy (non-hydrogen) atoms. The summed E-state index contributed by atoms with van der Waals surface area (Å²) in [5, 5.41) is 5.24. The average molecular weight is 590 g/mol. The second kappa shape index (κ2) is 13.0. The maximum Gasteiger partial charge on any atom is 0.417 e. The topological polar surface area (TPSA) is 129 Å². The monoisotopic (exact) mass is 589 g/mol. The van der Waals surface area contributed by atoms with E-state index in [1.807, 2.05) is 35.2 Å². The van der Waals surface area contributed by atoms with E-state index in [-0.39, 0.29) is 53.3 Å². The maximum absolute atomic E-state index is 12.7. The third-order valence-corrected chi connectivity index (χ3v) is 8.05. The van der Waals surface area contributed by atoms with E-state index < -0.39 is 27.7 Å². The molecule has 4 N–H and O–H groups in total. The lowest BCUT2D eigenvalue weighted by Gasteiger charge is -2.11. The number of hydrogen-bond acceptors (Lipinski definition) is 7. The zero-order valence-electron chi connectivity index (χ0n) is 19.6. The van der Waals surface area contributed by atoms with Crippen molar-refractivity contribution in [2.24, 2.45) is 0 Å². The van der Waals surface area contributed by atoms with Crippen molar-refractivity contribution in [2.45, 2.75) is 36.2 Å². The van der Waals surface area contributed by atoms with Gasteiger partial charge in [-0.05, 0) is 30.2 Å². The first-order valence-electron chi connectivity index (χ1n) is 11.1. The van der Waals surface area contributed by atoms with Gasteiger partial charge in [0.1, 0.15) is 10.0 Å². The molecule has 204 valence electrons. The number of carbonyl (C=O) groups excluding carboxylic acids is 2. The number of carbonyl (C=O) groups is 2. The van der Waals surface area contributed by atoms with Gasteiger partial charge >= 0.3 is 6.18 Å². The van der Waals surface area contributed by atoms with Crippen LogP contribution < -0.4 is 20.9 Å². The summed E-state index contributed by atoms with van der Waals surface area (Å²) in [6.45, 7) is 0.311. The number of benzene rings is 1. The number of thiophene rings is 1. The summed E-state index contributed by atoms with van der Waals surface area (Å²) < 4.78 is 62.9. The zero-order chi connectivity index (χ0) is 27.8. The Morgan fingerprint density at radius 2 is 1.79 bits per heavy atom. The van der Waals surface area contributed by atoms with Crippen LogP contribution in [0.3, 0.4) is 0 Å². The van der Waals surface area contributed by atoms with Crippen molar-refractivity contribution in [1.82, 2.24) is 20.6 Å². The molecule has 9 nitrogen and oxygen atoms in total. The molecule has 0 spiro atoms. The van der Waals surface area contributed by atoms with Crippen LogP contribution in [0.1, 0.15) is 28.8 Å². The summed E-state index contributed by atoms with van der Waals surface area (Å²) in [7, 11) is -4.03. The third-order valence-electron chi connectivity index (χ3n) is 4.94. The molecule has 1 aromatic carbocycles. The highest BCUT2D eigenvalue weighted by Crippen LogP contribution is 2.32.